The molecule has 1 amide bonds. The molecule has 1 saturated heterocycles. The lowest BCUT2D eigenvalue weighted by Gasteiger charge is -2.32. The zero-order valence-corrected chi connectivity index (χ0v) is 18.0. The topological polar surface area (TPSA) is 50.2 Å². The van der Waals surface area contributed by atoms with E-state index in [4.69, 9.17) is 0 Å². The summed E-state index contributed by atoms with van der Waals surface area (Å²) < 4.78 is 2.10. The second-order valence-corrected chi connectivity index (χ2v) is 7.94. The van der Waals surface area contributed by atoms with Crippen molar-refractivity contribution in [2.75, 3.05) is 26.7 Å². The van der Waals surface area contributed by atoms with Gasteiger partial charge >= 0.3 is 0 Å². The van der Waals surface area contributed by atoms with E-state index in [1.807, 2.05) is 7.05 Å². The molecule has 0 spiro atoms. The van der Waals surface area contributed by atoms with E-state index >= 15 is 0 Å². The average Bonchev–Trinajstić information content (AvgIpc) is 2.84. The molecule has 2 rings (SSSR count). The molecule has 150 valence electrons. The van der Waals surface area contributed by atoms with Crippen LogP contribution in [0.1, 0.15) is 56.5 Å². The Morgan fingerprint density at radius 1 is 1.27 bits per heavy atom. The molecule has 1 aliphatic heterocycles. The van der Waals surface area contributed by atoms with Gasteiger partial charge in [0, 0.05) is 31.7 Å². The lowest BCUT2D eigenvalue weighted by atomic mass is 9.93. The predicted molar refractivity (Wildman–Crippen MR) is 110 cm³/mol. The summed E-state index contributed by atoms with van der Waals surface area (Å²) in [5, 5.41) is 7.89. The van der Waals surface area contributed by atoms with E-state index in [9.17, 15) is 4.79 Å². The monoisotopic (exact) mass is 384 g/mol. The Kier molecular flexibility index (Phi) is 9.66. The molecule has 1 aliphatic rings. The molecule has 1 N–H and O–H groups in total. The molecular weight excluding hydrogens is 348 g/mol. The van der Waals surface area contributed by atoms with E-state index in [1.165, 1.54) is 17.7 Å². The maximum absolute atomic E-state index is 12.6. The summed E-state index contributed by atoms with van der Waals surface area (Å²) in [4.78, 5) is 14.7. The van der Waals surface area contributed by atoms with Crippen molar-refractivity contribution in [3.05, 3.63) is 17.0 Å². The number of aromatic nitrogens is 2. The predicted octanol–water partition coefficient (Wildman–Crippen LogP) is 3.36. The van der Waals surface area contributed by atoms with Crippen molar-refractivity contribution in [2.45, 2.75) is 66.3 Å². The van der Waals surface area contributed by atoms with Crippen molar-refractivity contribution >= 4 is 18.3 Å². The summed E-state index contributed by atoms with van der Waals surface area (Å²) in [6.07, 6.45) is 4.95. The van der Waals surface area contributed by atoms with Gasteiger partial charge in [-0.3, -0.25) is 9.48 Å². The van der Waals surface area contributed by atoms with E-state index in [-0.39, 0.29) is 12.4 Å². The molecule has 1 fully saturated rings. The minimum absolute atomic E-state index is 0. The normalized spacial score (nSPS) is 15.4. The summed E-state index contributed by atoms with van der Waals surface area (Å²) in [6, 6.07) is 0. The van der Waals surface area contributed by atoms with Gasteiger partial charge in [0.15, 0.2) is 0 Å². The lowest BCUT2D eigenvalue weighted by molar-refractivity contribution is -0.132. The molecule has 5 nitrogen and oxygen atoms in total. The highest BCUT2D eigenvalue weighted by Gasteiger charge is 2.23. The lowest BCUT2D eigenvalue weighted by Crippen LogP contribution is -2.39. The van der Waals surface area contributed by atoms with E-state index in [0.29, 0.717) is 18.2 Å². The SMILES string of the molecule is CNCCC1CCN(C(=O)CCc2c(C)nn(CC(C)C)c2C)CC1.Cl. The van der Waals surface area contributed by atoms with Crippen molar-refractivity contribution in [3.8, 4) is 0 Å². The first-order valence-corrected chi connectivity index (χ1v) is 9.87. The zero-order valence-electron chi connectivity index (χ0n) is 17.2. The number of carbonyl (C=O) groups is 1. The van der Waals surface area contributed by atoms with Gasteiger partial charge in [0.1, 0.15) is 0 Å². The number of amides is 1. The minimum atomic E-state index is 0. The standard InChI is InChI=1S/C20H36N4O.ClH/c1-15(2)14-24-17(4)19(16(3)22-24)6-7-20(25)23-12-9-18(10-13-23)8-11-21-5;/h15,18,21H,6-14H2,1-5H3;1H. The van der Waals surface area contributed by atoms with Gasteiger partial charge in [0.2, 0.25) is 5.91 Å². The molecule has 0 saturated carbocycles. The number of likely N-dealkylation sites (tertiary alicyclic amines) is 1. The number of piperidine rings is 1. The van der Waals surface area contributed by atoms with Gasteiger partial charge in [0.25, 0.3) is 0 Å². The van der Waals surface area contributed by atoms with Gasteiger partial charge in [-0.1, -0.05) is 13.8 Å². The van der Waals surface area contributed by atoms with Crippen LogP contribution in [0.4, 0.5) is 0 Å². The fourth-order valence-corrected chi connectivity index (χ4v) is 3.83. The van der Waals surface area contributed by atoms with Crippen molar-refractivity contribution in [3.63, 3.8) is 0 Å². The van der Waals surface area contributed by atoms with Crippen LogP contribution in [0.5, 0.6) is 0 Å². The molecule has 0 aromatic carbocycles. The second kappa shape index (κ2) is 10.9. The van der Waals surface area contributed by atoms with Crippen molar-refractivity contribution in [1.29, 1.82) is 0 Å². The average molecular weight is 385 g/mol. The first kappa shape index (κ1) is 23.0. The summed E-state index contributed by atoms with van der Waals surface area (Å²) in [7, 11) is 2.01. The molecule has 2 heterocycles. The third-order valence-corrected chi connectivity index (χ3v) is 5.43. The number of hydrogen-bond donors (Lipinski definition) is 1. The van der Waals surface area contributed by atoms with E-state index in [0.717, 1.165) is 57.1 Å². The Hall–Kier alpha value is -1.07. The van der Waals surface area contributed by atoms with E-state index in [1.54, 1.807) is 0 Å². The Bertz CT molecular complexity index is 562. The van der Waals surface area contributed by atoms with Crippen molar-refractivity contribution < 1.29 is 4.79 Å². The van der Waals surface area contributed by atoms with Gasteiger partial charge in [-0.2, -0.15) is 5.10 Å². The molecule has 0 bridgehead atoms. The van der Waals surface area contributed by atoms with Crippen LogP contribution in [-0.4, -0.2) is 47.3 Å². The van der Waals surface area contributed by atoms with Gasteiger partial charge < -0.3 is 10.2 Å². The smallest absolute Gasteiger partial charge is 0.222 e. The van der Waals surface area contributed by atoms with Crippen LogP contribution in [0, 0.1) is 25.7 Å². The number of halogens is 1. The summed E-state index contributed by atoms with van der Waals surface area (Å²) in [5.41, 5.74) is 3.57. The summed E-state index contributed by atoms with van der Waals surface area (Å²) in [6.45, 7) is 12.5. The Balaban J connectivity index is 0.00000338. The van der Waals surface area contributed by atoms with Crippen molar-refractivity contribution in [1.82, 2.24) is 20.0 Å². The molecule has 0 radical (unpaired) electrons. The Morgan fingerprint density at radius 2 is 1.92 bits per heavy atom. The summed E-state index contributed by atoms with van der Waals surface area (Å²) >= 11 is 0. The van der Waals surface area contributed by atoms with Gasteiger partial charge in [-0.25, -0.2) is 0 Å². The molecule has 1 aromatic rings. The number of nitrogens with zero attached hydrogens (tertiary/aromatic N) is 3. The van der Waals surface area contributed by atoms with Crippen LogP contribution in [0.25, 0.3) is 0 Å². The Morgan fingerprint density at radius 3 is 2.50 bits per heavy atom. The third-order valence-electron chi connectivity index (χ3n) is 5.43. The Labute approximate surface area is 165 Å². The maximum Gasteiger partial charge on any atom is 0.222 e. The van der Waals surface area contributed by atoms with Gasteiger partial charge in [-0.05, 0) is 70.5 Å². The minimum Gasteiger partial charge on any atom is -0.343 e. The van der Waals surface area contributed by atoms with Gasteiger partial charge in [-0.15, -0.1) is 12.4 Å². The highest BCUT2D eigenvalue weighted by molar-refractivity contribution is 5.85. The molecule has 6 heteroatoms. The first-order valence-electron chi connectivity index (χ1n) is 9.87. The molecule has 1 aromatic heterocycles. The fraction of sp³-hybridized carbons (Fsp3) is 0.800. The van der Waals surface area contributed by atoms with Crippen LogP contribution in [0.15, 0.2) is 0 Å². The van der Waals surface area contributed by atoms with Crippen LogP contribution in [0.3, 0.4) is 0 Å². The van der Waals surface area contributed by atoms with Crippen LogP contribution in [-0.2, 0) is 17.8 Å². The number of aryl methyl sites for hydroxylation is 1. The largest absolute Gasteiger partial charge is 0.343 e. The number of hydrogen-bond acceptors (Lipinski definition) is 3. The van der Waals surface area contributed by atoms with Crippen LogP contribution < -0.4 is 5.32 Å². The third kappa shape index (κ3) is 6.27. The van der Waals surface area contributed by atoms with E-state index < -0.39 is 0 Å². The highest BCUT2D eigenvalue weighted by atomic mass is 35.5. The quantitative estimate of drug-likeness (QED) is 0.747. The highest BCUT2D eigenvalue weighted by Crippen LogP contribution is 2.22. The van der Waals surface area contributed by atoms with Gasteiger partial charge in [0.05, 0.1) is 5.69 Å². The molecule has 0 unspecified atom stereocenters. The molecule has 26 heavy (non-hydrogen) atoms. The number of carbonyl (C=O) groups excluding carboxylic acids is 1. The second-order valence-electron chi connectivity index (χ2n) is 7.94. The molecular formula is C20H37ClN4O. The van der Waals surface area contributed by atoms with Crippen molar-refractivity contribution in [2.24, 2.45) is 11.8 Å². The maximum atomic E-state index is 12.6. The number of nitrogens with one attached hydrogen (secondary N) is 1. The molecule has 0 aliphatic carbocycles. The van der Waals surface area contributed by atoms with E-state index in [2.05, 4.69) is 47.7 Å². The number of rotatable bonds is 8. The zero-order chi connectivity index (χ0) is 18.4. The fourth-order valence-electron chi connectivity index (χ4n) is 3.83. The molecule has 0 atom stereocenters. The first-order chi connectivity index (χ1) is 11.9. The summed E-state index contributed by atoms with van der Waals surface area (Å²) in [5.74, 6) is 1.66. The van der Waals surface area contributed by atoms with Crippen LogP contribution >= 0.6 is 12.4 Å². The van der Waals surface area contributed by atoms with Crippen LogP contribution in [0.2, 0.25) is 0 Å².